The summed E-state index contributed by atoms with van der Waals surface area (Å²) in [6.07, 6.45) is 12.4. The zero-order valence-electron chi connectivity index (χ0n) is 16.0. The van der Waals surface area contributed by atoms with Crippen LogP contribution in [0.5, 0.6) is 5.75 Å². The Kier molecular flexibility index (Phi) is 5.31. The molecule has 1 aromatic rings. The molecule has 5 nitrogen and oxygen atoms in total. The lowest BCUT2D eigenvalue weighted by atomic mass is 10.0. The number of hydrogen-bond donors (Lipinski definition) is 1. The number of nitrogens with one attached hydrogen (secondary N) is 1. The summed E-state index contributed by atoms with van der Waals surface area (Å²) in [6, 6.07) is 2.44. The lowest BCUT2D eigenvalue weighted by molar-refractivity contribution is -0.122. The first kappa shape index (κ1) is 19.1. The van der Waals surface area contributed by atoms with Crippen LogP contribution in [0.4, 0.5) is 8.78 Å². The van der Waals surface area contributed by atoms with E-state index in [0.29, 0.717) is 11.1 Å². The van der Waals surface area contributed by atoms with Crippen LogP contribution in [0, 0.1) is 11.6 Å². The highest BCUT2D eigenvalue weighted by atomic mass is 19.2. The van der Waals surface area contributed by atoms with Gasteiger partial charge in [0.25, 0.3) is 5.91 Å². The van der Waals surface area contributed by atoms with Crippen LogP contribution >= 0.6 is 0 Å². The first-order valence-corrected chi connectivity index (χ1v) is 9.39. The monoisotopic (exact) mass is 397 g/mol. The van der Waals surface area contributed by atoms with Crippen molar-refractivity contribution in [1.82, 2.24) is 15.1 Å². The summed E-state index contributed by atoms with van der Waals surface area (Å²) in [7, 11) is 1.27. The third-order valence-corrected chi connectivity index (χ3v) is 5.05. The highest BCUT2D eigenvalue weighted by molar-refractivity contribution is 6.00. The largest absolute Gasteiger partial charge is 0.494 e. The molecule has 29 heavy (non-hydrogen) atoms. The Balaban J connectivity index is 1.68. The number of fused-ring (bicyclic) bond motifs is 1. The molecule has 1 aromatic carbocycles. The van der Waals surface area contributed by atoms with Gasteiger partial charge in [-0.1, -0.05) is 12.2 Å². The second-order valence-corrected chi connectivity index (χ2v) is 6.86. The molecule has 0 bridgehead atoms. The number of nitrogens with zero attached hydrogens (tertiary/aromatic N) is 2. The van der Waals surface area contributed by atoms with Gasteiger partial charge in [0, 0.05) is 44.2 Å². The summed E-state index contributed by atoms with van der Waals surface area (Å²) in [5.74, 6) is -2.55. The molecule has 3 aliphatic heterocycles. The molecular formula is C22H21F2N3O2. The number of benzene rings is 1. The fourth-order valence-corrected chi connectivity index (χ4v) is 3.50. The Morgan fingerprint density at radius 3 is 2.59 bits per heavy atom. The Hall–Kier alpha value is -3.19. The van der Waals surface area contributed by atoms with E-state index < -0.39 is 11.6 Å². The van der Waals surface area contributed by atoms with Crippen molar-refractivity contribution in [2.75, 3.05) is 33.3 Å². The first-order valence-electron chi connectivity index (χ1n) is 9.39. The van der Waals surface area contributed by atoms with E-state index in [4.69, 9.17) is 4.74 Å². The number of amides is 1. The molecule has 150 valence electrons. The number of carbonyl (C=O) groups is 1. The number of hydrogen-bond acceptors (Lipinski definition) is 4. The quantitative estimate of drug-likeness (QED) is 0.852. The number of methoxy groups -OCH3 is 1. The van der Waals surface area contributed by atoms with E-state index in [-0.39, 0.29) is 11.7 Å². The summed E-state index contributed by atoms with van der Waals surface area (Å²) in [5.41, 5.74) is 2.53. The van der Waals surface area contributed by atoms with Gasteiger partial charge in [0.05, 0.1) is 12.8 Å². The summed E-state index contributed by atoms with van der Waals surface area (Å²) >= 11 is 0. The molecule has 0 spiro atoms. The molecule has 0 aromatic heterocycles. The van der Waals surface area contributed by atoms with Crippen LogP contribution in [0.3, 0.4) is 0 Å². The Labute approximate surface area is 167 Å². The fraction of sp³-hybridized carbons (Fsp3) is 0.227. The maximum Gasteiger partial charge on any atom is 0.255 e. The van der Waals surface area contributed by atoms with Crippen LogP contribution in [0.15, 0.2) is 66.2 Å². The number of allylic oxidation sites excluding steroid dienone is 6. The van der Waals surface area contributed by atoms with E-state index in [9.17, 15) is 13.6 Å². The summed E-state index contributed by atoms with van der Waals surface area (Å²) in [6.45, 7) is 3.53. The molecule has 3 aliphatic rings. The van der Waals surface area contributed by atoms with Gasteiger partial charge in [-0.2, -0.15) is 4.39 Å². The second-order valence-electron chi connectivity index (χ2n) is 6.86. The average Bonchev–Trinajstić information content (AvgIpc) is 2.74. The third-order valence-electron chi connectivity index (χ3n) is 5.05. The number of piperazine rings is 1. The van der Waals surface area contributed by atoms with Gasteiger partial charge >= 0.3 is 0 Å². The Morgan fingerprint density at radius 1 is 1.07 bits per heavy atom. The number of rotatable bonds is 3. The Morgan fingerprint density at radius 2 is 1.83 bits per heavy atom. The van der Waals surface area contributed by atoms with Crippen molar-refractivity contribution >= 4 is 11.5 Å². The third kappa shape index (κ3) is 3.86. The smallest absolute Gasteiger partial charge is 0.255 e. The highest BCUT2D eigenvalue weighted by Crippen LogP contribution is 2.29. The van der Waals surface area contributed by atoms with E-state index in [1.54, 1.807) is 17.1 Å². The number of carbonyl (C=O) groups excluding carboxylic acids is 1. The zero-order valence-corrected chi connectivity index (χ0v) is 16.0. The molecule has 0 radical (unpaired) electrons. The van der Waals surface area contributed by atoms with Gasteiger partial charge in [-0.15, -0.1) is 0 Å². The molecule has 7 heteroatoms. The van der Waals surface area contributed by atoms with E-state index in [2.05, 4.69) is 10.2 Å². The van der Waals surface area contributed by atoms with Gasteiger partial charge in [0.15, 0.2) is 11.6 Å². The van der Waals surface area contributed by atoms with Crippen molar-refractivity contribution in [1.29, 1.82) is 0 Å². The van der Waals surface area contributed by atoms with Crippen molar-refractivity contribution in [2.45, 2.75) is 0 Å². The normalized spacial score (nSPS) is 20.9. The standard InChI is InChI=1S/C22H21F2N3O2/c1-29-20-12-16(11-19(23)22(20)24)15-3-2-4-17-5-6-18(14-27(17)21(28)13-15)26-9-7-25-8-10-26/h2-6,11-14,25H,7-10H2,1H3/b3-2?,15-13?,17-4+. The SMILES string of the molecule is COc1cc(C2=CC(=O)N3C=C(N4CCNCC4)C=C/C3=C\C=C2)cc(F)c1F. The Bertz CT molecular complexity index is 986. The molecule has 1 N–H and O–H groups in total. The minimum Gasteiger partial charge on any atom is -0.494 e. The molecule has 1 fully saturated rings. The van der Waals surface area contributed by atoms with Crippen LogP contribution in [0.2, 0.25) is 0 Å². The zero-order chi connectivity index (χ0) is 20.4. The maximum atomic E-state index is 13.9. The topological polar surface area (TPSA) is 44.8 Å². The molecule has 3 heterocycles. The molecule has 1 amide bonds. The second kappa shape index (κ2) is 8.05. The molecule has 0 unspecified atom stereocenters. The van der Waals surface area contributed by atoms with Gasteiger partial charge in [-0.25, -0.2) is 4.39 Å². The van der Waals surface area contributed by atoms with Gasteiger partial charge in [-0.05, 0) is 41.5 Å². The van der Waals surface area contributed by atoms with Crippen LogP contribution in [0.1, 0.15) is 5.56 Å². The van der Waals surface area contributed by atoms with Crippen LogP contribution in [-0.2, 0) is 4.79 Å². The number of halogens is 2. The van der Waals surface area contributed by atoms with Gasteiger partial charge in [0.2, 0.25) is 5.82 Å². The van der Waals surface area contributed by atoms with Crippen LogP contribution < -0.4 is 10.1 Å². The van der Waals surface area contributed by atoms with E-state index in [1.165, 1.54) is 19.3 Å². The van der Waals surface area contributed by atoms with Crippen molar-refractivity contribution in [2.24, 2.45) is 0 Å². The predicted molar refractivity (Wildman–Crippen MR) is 107 cm³/mol. The number of ether oxygens (including phenoxy) is 1. The van der Waals surface area contributed by atoms with E-state index in [1.807, 2.05) is 24.4 Å². The van der Waals surface area contributed by atoms with Gasteiger partial charge in [0.1, 0.15) is 0 Å². The van der Waals surface area contributed by atoms with Gasteiger partial charge in [-0.3, -0.25) is 9.69 Å². The highest BCUT2D eigenvalue weighted by Gasteiger charge is 2.22. The fourth-order valence-electron chi connectivity index (χ4n) is 3.50. The molecule has 0 aliphatic carbocycles. The average molecular weight is 397 g/mol. The molecule has 4 rings (SSSR count). The van der Waals surface area contributed by atoms with E-state index in [0.717, 1.165) is 43.6 Å². The van der Waals surface area contributed by atoms with Crippen LogP contribution in [-0.4, -0.2) is 49.0 Å². The molecule has 1 saturated heterocycles. The molecular weight excluding hydrogens is 376 g/mol. The molecule has 0 atom stereocenters. The van der Waals surface area contributed by atoms with Crippen molar-refractivity contribution in [3.63, 3.8) is 0 Å². The summed E-state index contributed by atoms with van der Waals surface area (Å²) in [4.78, 5) is 16.8. The minimum atomic E-state index is -1.05. The van der Waals surface area contributed by atoms with Crippen molar-refractivity contribution < 1.29 is 18.3 Å². The predicted octanol–water partition coefficient (Wildman–Crippen LogP) is 2.96. The van der Waals surface area contributed by atoms with Crippen molar-refractivity contribution in [3.8, 4) is 5.75 Å². The van der Waals surface area contributed by atoms with Crippen molar-refractivity contribution in [3.05, 3.63) is 83.4 Å². The summed E-state index contributed by atoms with van der Waals surface area (Å²) < 4.78 is 32.6. The van der Waals surface area contributed by atoms with E-state index >= 15 is 0 Å². The van der Waals surface area contributed by atoms with Gasteiger partial charge < -0.3 is 15.0 Å². The lowest BCUT2D eigenvalue weighted by Crippen LogP contribution is -2.43. The van der Waals surface area contributed by atoms with Crippen LogP contribution in [0.25, 0.3) is 5.57 Å². The maximum absolute atomic E-state index is 13.9. The molecule has 0 saturated carbocycles. The minimum absolute atomic E-state index is 0.207. The summed E-state index contributed by atoms with van der Waals surface area (Å²) in [5, 5.41) is 3.31. The lowest BCUT2D eigenvalue weighted by Gasteiger charge is -2.33. The first-order chi connectivity index (χ1) is 14.1.